The van der Waals surface area contributed by atoms with E-state index in [0.29, 0.717) is 24.9 Å². The van der Waals surface area contributed by atoms with Crippen molar-refractivity contribution in [2.75, 3.05) is 31.7 Å². The van der Waals surface area contributed by atoms with Crippen molar-refractivity contribution < 1.29 is 13.3 Å². The van der Waals surface area contributed by atoms with Gasteiger partial charge < -0.3 is 23.9 Å². The summed E-state index contributed by atoms with van der Waals surface area (Å²) in [5, 5.41) is 6.98. The molecule has 0 saturated heterocycles. The number of para-hydroxylation sites is 1. The summed E-state index contributed by atoms with van der Waals surface area (Å²) >= 11 is 5.29. The van der Waals surface area contributed by atoms with Crippen LogP contribution in [0, 0.1) is 0 Å². The fraction of sp³-hybridized carbons (Fsp3) is 0.562. The summed E-state index contributed by atoms with van der Waals surface area (Å²) in [5.41, 5.74) is 0.978. The number of anilines is 1. The van der Waals surface area contributed by atoms with Crippen LogP contribution in [-0.4, -0.2) is 40.3 Å². The van der Waals surface area contributed by atoms with Gasteiger partial charge in [-0.25, -0.2) is 0 Å². The lowest BCUT2D eigenvalue weighted by atomic mass is 10.3. The summed E-state index contributed by atoms with van der Waals surface area (Å²) in [5.74, 6) is 0. The van der Waals surface area contributed by atoms with Crippen LogP contribution in [0.5, 0.6) is 0 Å². The topological polar surface area (TPSA) is 51.8 Å². The lowest BCUT2D eigenvalue weighted by molar-refractivity contribution is 0.0709. The fourth-order valence-corrected chi connectivity index (χ4v) is 5.04. The van der Waals surface area contributed by atoms with E-state index in [1.807, 2.05) is 51.1 Å². The van der Waals surface area contributed by atoms with E-state index in [1.165, 1.54) is 0 Å². The van der Waals surface area contributed by atoms with Gasteiger partial charge in [-0.05, 0) is 51.5 Å². The van der Waals surface area contributed by atoms with Crippen molar-refractivity contribution in [1.82, 2.24) is 5.32 Å². The maximum atomic E-state index is 5.83. The maximum Gasteiger partial charge on any atom is 0.500 e. The van der Waals surface area contributed by atoms with Crippen LogP contribution in [0.1, 0.15) is 27.2 Å². The zero-order chi connectivity index (χ0) is 17.0. The third kappa shape index (κ3) is 7.89. The first-order valence-corrected chi connectivity index (χ1v) is 10.5. The van der Waals surface area contributed by atoms with Crippen LogP contribution in [0.25, 0.3) is 0 Å². The van der Waals surface area contributed by atoms with Crippen LogP contribution >= 0.6 is 12.2 Å². The lowest BCUT2D eigenvalue weighted by Crippen LogP contribution is -2.46. The molecular weight excluding hydrogens is 328 g/mol. The lowest BCUT2D eigenvalue weighted by Gasteiger charge is -2.28. The third-order valence-corrected chi connectivity index (χ3v) is 6.47. The molecule has 0 fully saturated rings. The Kier molecular flexibility index (Phi) is 10.1. The van der Waals surface area contributed by atoms with Gasteiger partial charge in [-0.2, -0.15) is 0 Å². The van der Waals surface area contributed by atoms with Gasteiger partial charge in [-0.3, -0.25) is 0 Å². The molecule has 0 amide bonds. The van der Waals surface area contributed by atoms with Crippen molar-refractivity contribution in [3.63, 3.8) is 0 Å². The van der Waals surface area contributed by atoms with Gasteiger partial charge in [0.2, 0.25) is 0 Å². The van der Waals surface area contributed by atoms with Crippen LogP contribution in [0.15, 0.2) is 30.3 Å². The second kappa shape index (κ2) is 11.5. The largest absolute Gasteiger partial charge is 0.500 e. The summed E-state index contributed by atoms with van der Waals surface area (Å²) < 4.78 is 17.5. The van der Waals surface area contributed by atoms with Gasteiger partial charge >= 0.3 is 8.80 Å². The minimum absolute atomic E-state index is 0.605. The summed E-state index contributed by atoms with van der Waals surface area (Å²) in [4.78, 5) is 0. The molecule has 0 saturated carbocycles. The molecule has 0 aliphatic rings. The number of hydrogen-bond donors (Lipinski definition) is 2. The average molecular weight is 357 g/mol. The molecule has 5 nitrogen and oxygen atoms in total. The van der Waals surface area contributed by atoms with Gasteiger partial charge in [0.1, 0.15) is 0 Å². The summed E-state index contributed by atoms with van der Waals surface area (Å²) in [6.07, 6.45) is 0.878. The first-order valence-electron chi connectivity index (χ1n) is 8.17. The monoisotopic (exact) mass is 356 g/mol. The predicted octanol–water partition coefficient (Wildman–Crippen LogP) is 3.41. The van der Waals surface area contributed by atoms with Crippen molar-refractivity contribution in [2.45, 2.75) is 33.2 Å². The molecule has 0 unspecified atom stereocenters. The normalized spacial score (nSPS) is 11.3. The Bertz CT molecular complexity index is 431. The second-order valence-electron chi connectivity index (χ2n) is 4.83. The van der Waals surface area contributed by atoms with Crippen LogP contribution in [0.4, 0.5) is 5.69 Å². The molecule has 0 aliphatic carbocycles. The molecule has 0 radical (unpaired) electrons. The number of hydrogen-bond acceptors (Lipinski definition) is 4. The zero-order valence-corrected chi connectivity index (χ0v) is 16.1. The number of rotatable bonds is 11. The first kappa shape index (κ1) is 20.1. The summed E-state index contributed by atoms with van der Waals surface area (Å²) in [7, 11) is -2.55. The van der Waals surface area contributed by atoms with Crippen LogP contribution in [-0.2, 0) is 13.3 Å². The van der Waals surface area contributed by atoms with E-state index >= 15 is 0 Å². The van der Waals surface area contributed by atoms with E-state index in [1.54, 1.807) is 0 Å². The van der Waals surface area contributed by atoms with Gasteiger partial charge in [0, 0.05) is 38.1 Å². The molecule has 23 heavy (non-hydrogen) atoms. The van der Waals surface area contributed by atoms with Crippen molar-refractivity contribution >= 4 is 31.8 Å². The van der Waals surface area contributed by atoms with E-state index in [-0.39, 0.29) is 0 Å². The Morgan fingerprint density at radius 1 is 1.00 bits per heavy atom. The smallest absolute Gasteiger partial charge is 0.374 e. The Morgan fingerprint density at radius 3 is 2.09 bits per heavy atom. The molecule has 0 heterocycles. The van der Waals surface area contributed by atoms with E-state index in [2.05, 4.69) is 10.6 Å². The van der Waals surface area contributed by atoms with Crippen molar-refractivity contribution in [2.24, 2.45) is 0 Å². The van der Waals surface area contributed by atoms with E-state index in [4.69, 9.17) is 25.5 Å². The van der Waals surface area contributed by atoms with Crippen LogP contribution in [0.3, 0.4) is 0 Å². The van der Waals surface area contributed by atoms with Crippen molar-refractivity contribution in [3.05, 3.63) is 30.3 Å². The highest BCUT2D eigenvalue weighted by atomic mass is 32.1. The molecule has 2 N–H and O–H groups in total. The Labute approximate surface area is 146 Å². The quantitative estimate of drug-likeness (QED) is 0.360. The fourth-order valence-electron chi connectivity index (χ4n) is 2.20. The molecule has 0 spiro atoms. The third-order valence-electron chi connectivity index (χ3n) is 3.07. The molecule has 1 aromatic rings. The number of thiocarbonyl (C=S) groups is 1. The van der Waals surface area contributed by atoms with Crippen LogP contribution < -0.4 is 10.6 Å². The SMILES string of the molecule is CCO[Si](CCCNC(=S)Nc1ccccc1)(OCC)OCC. The zero-order valence-electron chi connectivity index (χ0n) is 14.3. The van der Waals surface area contributed by atoms with Gasteiger partial charge in [-0.1, -0.05) is 18.2 Å². The molecule has 0 atom stereocenters. The Morgan fingerprint density at radius 2 is 1.57 bits per heavy atom. The minimum atomic E-state index is -2.55. The average Bonchev–Trinajstić information content (AvgIpc) is 2.53. The molecule has 0 aromatic heterocycles. The standard InChI is InChI=1S/C16H28N2O3SSi/c1-4-19-23(20-5-2,21-6-3)14-10-13-17-16(22)18-15-11-8-7-9-12-15/h7-9,11-12H,4-6,10,13-14H2,1-3H3,(H2,17,18,22). The molecule has 0 aliphatic heterocycles. The van der Waals surface area contributed by atoms with Crippen molar-refractivity contribution in [3.8, 4) is 0 Å². The van der Waals surface area contributed by atoms with Gasteiger partial charge in [0.05, 0.1) is 0 Å². The molecule has 0 bridgehead atoms. The summed E-state index contributed by atoms with van der Waals surface area (Å²) in [6.45, 7) is 8.47. The predicted molar refractivity (Wildman–Crippen MR) is 101 cm³/mol. The van der Waals surface area contributed by atoms with Crippen molar-refractivity contribution in [1.29, 1.82) is 0 Å². The molecule has 130 valence electrons. The highest BCUT2D eigenvalue weighted by molar-refractivity contribution is 7.80. The second-order valence-corrected chi connectivity index (χ2v) is 7.97. The highest BCUT2D eigenvalue weighted by Crippen LogP contribution is 2.17. The highest BCUT2D eigenvalue weighted by Gasteiger charge is 2.39. The minimum Gasteiger partial charge on any atom is -0.374 e. The molecule has 1 rings (SSSR count). The number of benzene rings is 1. The Hall–Kier alpha value is -0.993. The first-order chi connectivity index (χ1) is 11.2. The Balaban J connectivity index is 2.36. The van der Waals surface area contributed by atoms with Crippen LogP contribution in [0.2, 0.25) is 6.04 Å². The van der Waals surface area contributed by atoms with E-state index in [9.17, 15) is 0 Å². The molecular formula is C16H28N2O3SSi. The number of nitrogens with one attached hydrogen (secondary N) is 2. The van der Waals surface area contributed by atoms with Gasteiger partial charge in [-0.15, -0.1) is 0 Å². The summed E-state index contributed by atoms with van der Waals surface area (Å²) in [6, 6.07) is 10.6. The van der Waals surface area contributed by atoms with Gasteiger partial charge in [0.15, 0.2) is 5.11 Å². The maximum absolute atomic E-state index is 5.83. The van der Waals surface area contributed by atoms with E-state index in [0.717, 1.165) is 24.7 Å². The molecule has 7 heteroatoms. The molecule has 1 aromatic carbocycles. The van der Waals surface area contributed by atoms with E-state index < -0.39 is 8.80 Å². The van der Waals surface area contributed by atoms with Gasteiger partial charge in [0.25, 0.3) is 0 Å².